The van der Waals surface area contributed by atoms with Crippen LogP contribution in [0.1, 0.15) is 40.0 Å². The molecule has 0 spiro atoms. The van der Waals surface area contributed by atoms with E-state index >= 15 is 0 Å². The van der Waals surface area contributed by atoms with E-state index in [1.54, 1.807) is 4.90 Å². The number of carbonyl (C=O) groups excluding carboxylic acids is 2. The molecule has 0 bridgehead atoms. The highest BCUT2D eigenvalue weighted by molar-refractivity contribution is 5.82. The third-order valence-corrected chi connectivity index (χ3v) is 3.95. The lowest BCUT2D eigenvalue weighted by atomic mass is 9.99. The van der Waals surface area contributed by atoms with Crippen LogP contribution >= 0.6 is 0 Å². The van der Waals surface area contributed by atoms with Crippen LogP contribution < -0.4 is 10.6 Å². The number of likely N-dealkylation sites (tertiary alicyclic amines) is 1. The zero-order chi connectivity index (χ0) is 16.0. The highest BCUT2D eigenvalue weighted by Crippen LogP contribution is 2.12. The number of hydrogen-bond donors (Lipinski definition) is 3. The average molecular weight is 299 g/mol. The van der Waals surface area contributed by atoms with Crippen LogP contribution in [0.15, 0.2) is 0 Å². The molecule has 7 heteroatoms. The zero-order valence-corrected chi connectivity index (χ0v) is 12.9. The molecule has 0 aromatic rings. The number of rotatable bonds is 5. The van der Waals surface area contributed by atoms with E-state index in [9.17, 15) is 19.5 Å². The smallest absolute Gasteiger partial charge is 0.326 e. The number of amides is 3. The van der Waals surface area contributed by atoms with Crippen molar-refractivity contribution in [1.29, 1.82) is 0 Å². The molecular formula is C14H25N3O4. The van der Waals surface area contributed by atoms with Crippen molar-refractivity contribution in [3.63, 3.8) is 0 Å². The molecular weight excluding hydrogens is 274 g/mol. The second-order valence-electron chi connectivity index (χ2n) is 5.61. The maximum atomic E-state index is 12.1. The first-order valence-electron chi connectivity index (χ1n) is 7.40. The Labute approximate surface area is 125 Å². The number of carboxylic acid groups (broad SMARTS) is 1. The lowest BCUT2D eigenvalue weighted by Crippen LogP contribution is -2.54. The van der Waals surface area contributed by atoms with Gasteiger partial charge in [-0.2, -0.15) is 0 Å². The van der Waals surface area contributed by atoms with Crippen LogP contribution in [0.25, 0.3) is 0 Å². The second kappa shape index (κ2) is 7.85. The Balaban J connectivity index is 2.49. The number of nitrogens with zero attached hydrogens (tertiary/aromatic N) is 1. The summed E-state index contributed by atoms with van der Waals surface area (Å²) < 4.78 is 0. The first kappa shape index (κ1) is 17.3. The molecule has 1 aliphatic rings. The first-order chi connectivity index (χ1) is 9.85. The van der Waals surface area contributed by atoms with Gasteiger partial charge in [-0.1, -0.05) is 20.3 Å². The molecule has 1 rings (SSSR count). The quantitative estimate of drug-likeness (QED) is 0.699. The van der Waals surface area contributed by atoms with Crippen LogP contribution in [-0.4, -0.2) is 53.1 Å². The van der Waals surface area contributed by atoms with Crippen LogP contribution in [0.2, 0.25) is 0 Å². The van der Waals surface area contributed by atoms with Crippen molar-refractivity contribution in [2.45, 2.75) is 52.1 Å². The normalized spacial score (nSPS) is 18.7. The molecule has 3 amide bonds. The van der Waals surface area contributed by atoms with Gasteiger partial charge in [-0.15, -0.1) is 0 Å². The molecule has 1 heterocycles. The molecule has 3 N–H and O–H groups in total. The Hall–Kier alpha value is -1.79. The summed E-state index contributed by atoms with van der Waals surface area (Å²) in [6.07, 6.45) is 2.06. The van der Waals surface area contributed by atoms with Crippen molar-refractivity contribution < 1.29 is 19.5 Å². The van der Waals surface area contributed by atoms with Gasteiger partial charge in [0.25, 0.3) is 0 Å². The Bertz CT molecular complexity index is 392. The van der Waals surface area contributed by atoms with Crippen LogP contribution in [0.5, 0.6) is 0 Å². The Morgan fingerprint density at radius 3 is 2.29 bits per heavy atom. The SMILES string of the molecule is CCC(C)[C@H](NC(=O)N1CCC(NC(C)=O)CC1)C(=O)O. The Morgan fingerprint density at radius 2 is 1.86 bits per heavy atom. The maximum absolute atomic E-state index is 12.1. The van der Waals surface area contributed by atoms with E-state index in [2.05, 4.69) is 10.6 Å². The predicted molar refractivity (Wildman–Crippen MR) is 77.8 cm³/mol. The molecule has 7 nitrogen and oxygen atoms in total. The largest absolute Gasteiger partial charge is 0.480 e. The van der Waals surface area contributed by atoms with Gasteiger partial charge in [0.05, 0.1) is 0 Å². The second-order valence-corrected chi connectivity index (χ2v) is 5.61. The van der Waals surface area contributed by atoms with Gasteiger partial charge in [0.2, 0.25) is 5.91 Å². The summed E-state index contributed by atoms with van der Waals surface area (Å²) in [5.41, 5.74) is 0. The van der Waals surface area contributed by atoms with Gasteiger partial charge in [0.1, 0.15) is 6.04 Å². The van der Waals surface area contributed by atoms with Gasteiger partial charge in [0.15, 0.2) is 0 Å². The average Bonchev–Trinajstić information content (AvgIpc) is 2.43. The molecule has 21 heavy (non-hydrogen) atoms. The van der Waals surface area contributed by atoms with Crippen LogP contribution in [0, 0.1) is 5.92 Å². The number of carbonyl (C=O) groups is 3. The molecule has 0 aromatic heterocycles. The highest BCUT2D eigenvalue weighted by Gasteiger charge is 2.29. The van der Waals surface area contributed by atoms with Crippen molar-refractivity contribution >= 4 is 17.9 Å². The molecule has 1 saturated heterocycles. The summed E-state index contributed by atoms with van der Waals surface area (Å²) in [7, 11) is 0. The lowest BCUT2D eigenvalue weighted by molar-refractivity contribution is -0.140. The van der Waals surface area contributed by atoms with Crippen molar-refractivity contribution in [1.82, 2.24) is 15.5 Å². The van der Waals surface area contributed by atoms with E-state index in [1.807, 2.05) is 13.8 Å². The monoisotopic (exact) mass is 299 g/mol. The van der Waals surface area contributed by atoms with Crippen molar-refractivity contribution in [2.75, 3.05) is 13.1 Å². The van der Waals surface area contributed by atoms with Crippen molar-refractivity contribution in [3.05, 3.63) is 0 Å². The molecule has 0 saturated carbocycles. The van der Waals surface area contributed by atoms with Crippen molar-refractivity contribution in [2.24, 2.45) is 5.92 Å². The van der Waals surface area contributed by atoms with E-state index < -0.39 is 12.0 Å². The molecule has 120 valence electrons. The van der Waals surface area contributed by atoms with E-state index in [0.717, 1.165) is 0 Å². The fraction of sp³-hybridized carbons (Fsp3) is 0.786. The highest BCUT2D eigenvalue weighted by atomic mass is 16.4. The van der Waals surface area contributed by atoms with Crippen molar-refractivity contribution in [3.8, 4) is 0 Å². The van der Waals surface area contributed by atoms with Crippen LogP contribution in [-0.2, 0) is 9.59 Å². The summed E-state index contributed by atoms with van der Waals surface area (Å²) in [5.74, 6) is -1.20. The zero-order valence-electron chi connectivity index (χ0n) is 12.9. The number of piperidine rings is 1. The van der Waals surface area contributed by atoms with Gasteiger partial charge in [-0.3, -0.25) is 4.79 Å². The van der Waals surface area contributed by atoms with Gasteiger partial charge >= 0.3 is 12.0 Å². The molecule has 0 aromatic carbocycles. The molecule has 1 fully saturated rings. The van der Waals surface area contributed by atoms with Gasteiger partial charge in [-0.25, -0.2) is 9.59 Å². The van der Waals surface area contributed by atoms with Gasteiger partial charge < -0.3 is 20.6 Å². The number of aliphatic carboxylic acids is 1. The number of urea groups is 1. The van der Waals surface area contributed by atoms with E-state index in [4.69, 9.17) is 0 Å². The summed E-state index contributed by atoms with van der Waals surface area (Å²) >= 11 is 0. The summed E-state index contributed by atoms with van der Waals surface area (Å²) in [6.45, 7) is 6.21. The summed E-state index contributed by atoms with van der Waals surface area (Å²) in [5, 5.41) is 14.6. The number of carboxylic acids is 1. The minimum atomic E-state index is -1.01. The van der Waals surface area contributed by atoms with E-state index in [0.29, 0.717) is 32.4 Å². The fourth-order valence-corrected chi connectivity index (χ4v) is 2.42. The Kier molecular flexibility index (Phi) is 6.45. The van der Waals surface area contributed by atoms with E-state index in [1.165, 1.54) is 6.92 Å². The van der Waals surface area contributed by atoms with Crippen LogP contribution in [0.3, 0.4) is 0 Å². The molecule has 1 aliphatic heterocycles. The maximum Gasteiger partial charge on any atom is 0.326 e. The molecule has 0 radical (unpaired) electrons. The molecule has 1 unspecified atom stereocenters. The van der Waals surface area contributed by atoms with Gasteiger partial charge in [-0.05, 0) is 18.8 Å². The third-order valence-electron chi connectivity index (χ3n) is 3.95. The molecule has 0 aliphatic carbocycles. The topological polar surface area (TPSA) is 98.7 Å². The van der Waals surface area contributed by atoms with Crippen LogP contribution in [0.4, 0.5) is 4.79 Å². The first-order valence-corrected chi connectivity index (χ1v) is 7.40. The minimum absolute atomic E-state index is 0.0689. The third kappa shape index (κ3) is 5.24. The number of nitrogens with one attached hydrogen (secondary N) is 2. The molecule has 2 atom stereocenters. The summed E-state index contributed by atoms with van der Waals surface area (Å²) in [6, 6.07) is -1.11. The fourth-order valence-electron chi connectivity index (χ4n) is 2.42. The van der Waals surface area contributed by atoms with E-state index in [-0.39, 0.29) is 23.9 Å². The Morgan fingerprint density at radius 1 is 1.29 bits per heavy atom. The lowest BCUT2D eigenvalue weighted by Gasteiger charge is -2.33. The summed E-state index contributed by atoms with van der Waals surface area (Å²) in [4.78, 5) is 35.9. The number of hydrogen-bond acceptors (Lipinski definition) is 3. The standard InChI is InChI=1S/C14H25N3O4/c1-4-9(2)12(13(19)20)16-14(21)17-7-5-11(6-8-17)15-10(3)18/h9,11-12H,4-8H2,1-3H3,(H,15,18)(H,16,21)(H,19,20)/t9?,12-/m0/s1. The van der Waals surface area contributed by atoms with Gasteiger partial charge in [0, 0.05) is 26.1 Å². The predicted octanol–water partition coefficient (Wildman–Crippen LogP) is 0.796. The minimum Gasteiger partial charge on any atom is -0.480 e.